The summed E-state index contributed by atoms with van der Waals surface area (Å²) in [4.78, 5) is 12.8. The molecule has 3 rings (SSSR count). The van der Waals surface area contributed by atoms with Crippen molar-refractivity contribution < 1.29 is 26.4 Å². The van der Waals surface area contributed by atoms with E-state index >= 15 is 0 Å². The number of nitrogens with zero attached hydrogens (tertiary/aromatic N) is 1. The number of ether oxygens (including phenoxy) is 1. The molecular formula is C26H30ClNO2. The molecule has 0 amide bonds. The van der Waals surface area contributed by atoms with Crippen LogP contribution < -0.4 is 12.4 Å². The highest BCUT2D eigenvalue weighted by Crippen LogP contribution is 2.26. The molecule has 0 radical (unpaired) electrons. The second kappa shape index (κ2) is 11.5. The summed E-state index contributed by atoms with van der Waals surface area (Å²) in [6.07, 6.45) is -0.299. The van der Waals surface area contributed by atoms with Crippen molar-refractivity contribution in [1.29, 1.82) is 0 Å². The van der Waals surface area contributed by atoms with E-state index in [9.17, 15) is 4.79 Å². The number of carbonyl (C=O) groups excluding carboxylic acids is 1. The summed E-state index contributed by atoms with van der Waals surface area (Å²) in [5.74, 6) is -0.274. The van der Waals surface area contributed by atoms with Gasteiger partial charge in [0.15, 0.2) is 6.10 Å². The van der Waals surface area contributed by atoms with Gasteiger partial charge in [-0.25, -0.2) is 4.79 Å². The average molecular weight is 424 g/mol. The summed E-state index contributed by atoms with van der Waals surface area (Å²) in [5.41, 5.74) is 2.93. The van der Waals surface area contributed by atoms with E-state index in [0.717, 1.165) is 36.2 Å². The van der Waals surface area contributed by atoms with Crippen molar-refractivity contribution in [2.24, 2.45) is 0 Å². The van der Waals surface area contributed by atoms with Gasteiger partial charge >= 0.3 is 5.97 Å². The standard InChI is InChI=1S/C26H30NO2.ClH/c1-3-27(4-2,20-22-14-8-5-9-15-22)21-25(23-16-10-6-11-17-23)29-26(28)24-18-12-7-13-19-24;/h5-19,25H,3-4,20-21H2,1-2H3;1H/q+1;/p-1. The van der Waals surface area contributed by atoms with E-state index in [4.69, 9.17) is 4.74 Å². The zero-order chi connectivity index (χ0) is 20.5. The fraction of sp³-hybridized carbons (Fsp3) is 0.269. The molecule has 1 unspecified atom stereocenters. The van der Waals surface area contributed by atoms with Crippen LogP contribution in [0.25, 0.3) is 0 Å². The van der Waals surface area contributed by atoms with Crippen LogP contribution in [0.5, 0.6) is 0 Å². The van der Waals surface area contributed by atoms with Crippen molar-refractivity contribution in [2.75, 3.05) is 19.6 Å². The van der Waals surface area contributed by atoms with Crippen molar-refractivity contribution >= 4 is 5.97 Å². The number of hydrogen-bond acceptors (Lipinski definition) is 2. The van der Waals surface area contributed by atoms with Crippen LogP contribution in [-0.2, 0) is 11.3 Å². The van der Waals surface area contributed by atoms with Gasteiger partial charge in [0.25, 0.3) is 0 Å². The minimum absolute atomic E-state index is 0. The first-order valence-electron chi connectivity index (χ1n) is 10.4. The van der Waals surface area contributed by atoms with Gasteiger partial charge in [-0.15, -0.1) is 0 Å². The van der Waals surface area contributed by atoms with Gasteiger partial charge in [0.1, 0.15) is 13.1 Å². The van der Waals surface area contributed by atoms with E-state index in [1.807, 2.05) is 54.6 Å². The van der Waals surface area contributed by atoms with Crippen molar-refractivity contribution in [2.45, 2.75) is 26.5 Å². The van der Waals surface area contributed by atoms with Crippen molar-refractivity contribution in [3.63, 3.8) is 0 Å². The summed E-state index contributed by atoms with van der Waals surface area (Å²) in [6, 6.07) is 29.9. The minimum atomic E-state index is -0.299. The maximum atomic E-state index is 12.8. The highest BCUT2D eigenvalue weighted by Gasteiger charge is 2.31. The largest absolute Gasteiger partial charge is 1.00 e. The highest BCUT2D eigenvalue weighted by molar-refractivity contribution is 5.89. The number of halogens is 1. The van der Waals surface area contributed by atoms with Gasteiger partial charge in [-0.3, -0.25) is 0 Å². The second-order valence-electron chi connectivity index (χ2n) is 7.47. The molecule has 0 fully saturated rings. The first-order valence-corrected chi connectivity index (χ1v) is 10.4. The van der Waals surface area contributed by atoms with Gasteiger partial charge in [0.2, 0.25) is 0 Å². The Morgan fingerprint density at radius 2 is 1.30 bits per heavy atom. The molecule has 0 aliphatic rings. The fourth-order valence-electron chi connectivity index (χ4n) is 3.74. The number of hydrogen-bond donors (Lipinski definition) is 0. The smallest absolute Gasteiger partial charge is 0.338 e. The van der Waals surface area contributed by atoms with Crippen LogP contribution in [0.2, 0.25) is 0 Å². The van der Waals surface area contributed by atoms with Gasteiger partial charge in [-0.2, -0.15) is 0 Å². The predicted molar refractivity (Wildman–Crippen MR) is 117 cm³/mol. The van der Waals surface area contributed by atoms with Gasteiger partial charge in [0.05, 0.1) is 18.7 Å². The maximum Gasteiger partial charge on any atom is 0.338 e. The monoisotopic (exact) mass is 423 g/mol. The lowest BCUT2D eigenvalue weighted by Crippen LogP contribution is -3.00. The lowest BCUT2D eigenvalue weighted by Gasteiger charge is -2.39. The number of rotatable bonds is 9. The number of esters is 1. The van der Waals surface area contributed by atoms with Gasteiger partial charge in [-0.1, -0.05) is 78.9 Å². The van der Waals surface area contributed by atoms with Crippen LogP contribution in [0.3, 0.4) is 0 Å². The number of quaternary nitrogens is 1. The zero-order valence-corrected chi connectivity index (χ0v) is 18.5. The van der Waals surface area contributed by atoms with Gasteiger partial charge in [0, 0.05) is 5.56 Å². The molecule has 1 atom stereocenters. The molecule has 0 aliphatic heterocycles. The molecule has 0 bridgehead atoms. The Kier molecular flexibility index (Phi) is 9.10. The Bertz CT molecular complexity index is 881. The summed E-state index contributed by atoms with van der Waals surface area (Å²) >= 11 is 0. The molecule has 4 heteroatoms. The lowest BCUT2D eigenvalue weighted by atomic mass is 10.1. The summed E-state index contributed by atoms with van der Waals surface area (Å²) in [6.45, 7) is 8.03. The van der Waals surface area contributed by atoms with Crippen LogP contribution in [0, 0.1) is 0 Å². The van der Waals surface area contributed by atoms with Crippen LogP contribution in [0.15, 0.2) is 91.0 Å². The molecule has 3 aromatic carbocycles. The molecule has 0 spiro atoms. The second-order valence-corrected chi connectivity index (χ2v) is 7.47. The van der Waals surface area contributed by atoms with Crippen LogP contribution in [0.4, 0.5) is 0 Å². The molecular weight excluding hydrogens is 394 g/mol. The highest BCUT2D eigenvalue weighted by atomic mass is 35.5. The van der Waals surface area contributed by atoms with E-state index < -0.39 is 0 Å². The SMILES string of the molecule is CC[N+](CC)(Cc1ccccc1)CC(OC(=O)c1ccccc1)c1ccccc1.[Cl-]. The van der Waals surface area contributed by atoms with E-state index in [1.54, 1.807) is 12.1 Å². The average Bonchev–Trinajstić information content (AvgIpc) is 2.80. The molecule has 3 nitrogen and oxygen atoms in total. The number of likely N-dealkylation sites (N-methyl/N-ethyl adjacent to an activating group) is 1. The summed E-state index contributed by atoms with van der Waals surface area (Å²) in [7, 11) is 0. The van der Waals surface area contributed by atoms with Gasteiger partial charge in [-0.05, 0) is 31.5 Å². The zero-order valence-electron chi connectivity index (χ0n) is 17.7. The first kappa shape index (κ1) is 23.7. The lowest BCUT2D eigenvalue weighted by molar-refractivity contribution is -0.940. The summed E-state index contributed by atoms with van der Waals surface area (Å²) < 4.78 is 6.92. The minimum Gasteiger partial charge on any atom is -1.00 e. The number of carbonyl (C=O) groups is 1. The third-order valence-electron chi connectivity index (χ3n) is 5.69. The Hall–Kier alpha value is -2.62. The Balaban J connectivity index is 0.00000320. The maximum absolute atomic E-state index is 12.8. The Morgan fingerprint density at radius 3 is 1.83 bits per heavy atom. The van der Waals surface area contributed by atoms with E-state index in [1.165, 1.54) is 5.56 Å². The molecule has 158 valence electrons. The quantitative estimate of drug-likeness (QED) is 0.390. The third kappa shape index (κ3) is 6.19. The van der Waals surface area contributed by atoms with Crippen LogP contribution in [0.1, 0.15) is 41.4 Å². The summed E-state index contributed by atoms with van der Waals surface area (Å²) in [5, 5.41) is 0. The predicted octanol–water partition coefficient (Wildman–Crippen LogP) is 2.65. The normalized spacial score (nSPS) is 11.9. The van der Waals surface area contributed by atoms with E-state index in [2.05, 4.69) is 38.1 Å². The molecule has 0 saturated heterocycles. The van der Waals surface area contributed by atoms with Crippen molar-refractivity contribution in [1.82, 2.24) is 0 Å². The first-order chi connectivity index (χ1) is 14.2. The molecule has 0 heterocycles. The molecule has 3 aromatic rings. The molecule has 0 saturated carbocycles. The third-order valence-corrected chi connectivity index (χ3v) is 5.69. The Morgan fingerprint density at radius 1 is 0.800 bits per heavy atom. The topological polar surface area (TPSA) is 26.3 Å². The molecule has 0 N–H and O–H groups in total. The van der Waals surface area contributed by atoms with Crippen LogP contribution in [-0.4, -0.2) is 30.1 Å². The molecule has 0 aliphatic carbocycles. The van der Waals surface area contributed by atoms with Gasteiger partial charge < -0.3 is 21.6 Å². The molecule has 0 aromatic heterocycles. The van der Waals surface area contributed by atoms with Crippen LogP contribution >= 0.6 is 0 Å². The van der Waals surface area contributed by atoms with Crippen molar-refractivity contribution in [3.8, 4) is 0 Å². The Labute approximate surface area is 186 Å². The number of benzene rings is 3. The van der Waals surface area contributed by atoms with E-state index in [-0.39, 0.29) is 24.5 Å². The van der Waals surface area contributed by atoms with Crippen molar-refractivity contribution in [3.05, 3.63) is 108 Å². The fourth-order valence-corrected chi connectivity index (χ4v) is 3.74. The van der Waals surface area contributed by atoms with E-state index in [0.29, 0.717) is 5.56 Å². The molecule has 30 heavy (non-hydrogen) atoms.